The van der Waals surface area contributed by atoms with Gasteiger partial charge in [-0.05, 0) is 31.4 Å². The summed E-state index contributed by atoms with van der Waals surface area (Å²) in [6.07, 6.45) is 5.25. The van der Waals surface area contributed by atoms with E-state index in [0.29, 0.717) is 10.7 Å². The number of nitrogens with one attached hydrogen (secondary N) is 1. The standard InChI is InChI=1S/C13H17ClN2O2/c1-2-10-7-9(8-12(14)15-10)13(17)16-18-11-5-3-4-6-11/h7-8,11H,2-6H2,1H3,(H,16,17). The van der Waals surface area contributed by atoms with E-state index in [4.69, 9.17) is 16.4 Å². The largest absolute Gasteiger partial charge is 0.275 e. The van der Waals surface area contributed by atoms with E-state index in [0.717, 1.165) is 25.0 Å². The third-order valence-electron chi connectivity index (χ3n) is 3.09. The molecule has 0 saturated heterocycles. The third-order valence-corrected chi connectivity index (χ3v) is 3.29. The first-order valence-electron chi connectivity index (χ1n) is 6.31. The molecule has 0 spiro atoms. The van der Waals surface area contributed by atoms with E-state index in [1.807, 2.05) is 6.92 Å². The summed E-state index contributed by atoms with van der Waals surface area (Å²) in [5, 5.41) is 0.334. The van der Waals surface area contributed by atoms with Gasteiger partial charge in [0.05, 0.1) is 6.10 Å². The lowest BCUT2D eigenvalue weighted by atomic mass is 10.2. The van der Waals surface area contributed by atoms with Crippen molar-refractivity contribution >= 4 is 17.5 Å². The molecule has 2 rings (SSSR count). The van der Waals surface area contributed by atoms with Gasteiger partial charge in [-0.2, -0.15) is 0 Å². The molecule has 5 heteroatoms. The minimum absolute atomic E-state index is 0.150. The van der Waals surface area contributed by atoms with E-state index in [-0.39, 0.29) is 12.0 Å². The van der Waals surface area contributed by atoms with Gasteiger partial charge in [-0.1, -0.05) is 31.4 Å². The van der Waals surface area contributed by atoms with Crippen LogP contribution in [0.3, 0.4) is 0 Å². The number of amides is 1. The predicted molar refractivity (Wildman–Crippen MR) is 69.4 cm³/mol. The van der Waals surface area contributed by atoms with Crippen molar-refractivity contribution in [3.8, 4) is 0 Å². The summed E-state index contributed by atoms with van der Waals surface area (Å²) >= 11 is 5.87. The molecule has 18 heavy (non-hydrogen) atoms. The van der Waals surface area contributed by atoms with Gasteiger partial charge in [0.25, 0.3) is 5.91 Å². The van der Waals surface area contributed by atoms with Gasteiger partial charge in [-0.25, -0.2) is 10.5 Å². The van der Waals surface area contributed by atoms with Crippen LogP contribution in [0.4, 0.5) is 0 Å². The van der Waals surface area contributed by atoms with Crippen LogP contribution in [-0.4, -0.2) is 17.0 Å². The molecular formula is C13H17ClN2O2. The van der Waals surface area contributed by atoms with Crippen LogP contribution in [0.2, 0.25) is 5.15 Å². The summed E-state index contributed by atoms with van der Waals surface area (Å²) in [4.78, 5) is 21.4. The minimum Gasteiger partial charge on any atom is -0.270 e. The Morgan fingerprint density at radius 3 is 2.89 bits per heavy atom. The molecule has 0 radical (unpaired) electrons. The van der Waals surface area contributed by atoms with Crippen molar-refractivity contribution in [2.45, 2.75) is 45.1 Å². The average Bonchev–Trinajstić information content (AvgIpc) is 2.88. The van der Waals surface area contributed by atoms with Crippen molar-refractivity contribution in [1.29, 1.82) is 0 Å². The predicted octanol–water partition coefficient (Wildman–Crippen LogP) is 2.90. The van der Waals surface area contributed by atoms with Crippen molar-refractivity contribution in [2.24, 2.45) is 0 Å². The van der Waals surface area contributed by atoms with Crippen molar-refractivity contribution in [1.82, 2.24) is 10.5 Å². The number of pyridine rings is 1. The van der Waals surface area contributed by atoms with Crippen LogP contribution < -0.4 is 5.48 Å². The number of rotatable bonds is 4. The molecule has 1 aliphatic rings. The smallest absolute Gasteiger partial charge is 0.270 e. The van der Waals surface area contributed by atoms with Gasteiger partial charge in [-0.3, -0.25) is 9.63 Å². The van der Waals surface area contributed by atoms with Crippen LogP contribution >= 0.6 is 11.6 Å². The average molecular weight is 269 g/mol. The van der Waals surface area contributed by atoms with Gasteiger partial charge in [-0.15, -0.1) is 0 Å². The fraction of sp³-hybridized carbons (Fsp3) is 0.538. The summed E-state index contributed by atoms with van der Waals surface area (Å²) < 4.78 is 0. The highest BCUT2D eigenvalue weighted by Gasteiger charge is 2.17. The highest BCUT2D eigenvalue weighted by atomic mass is 35.5. The van der Waals surface area contributed by atoms with Crippen LogP contribution in [0.15, 0.2) is 12.1 Å². The molecule has 1 saturated carbocycles. The number of carbonyl (C=O) groups is 1. The Bertz CT molecular complexity index is 431. The van der Waals surface area contributed by atoms with Gasteiger partial charge in [0.1, 0.15) is 5.15 Å². The Kier molecular flexibility index (Phi) is 4.55. The third kappa shape index (κ3) is 3.43. The lowest BCUT2D eigenvalue weighted by Gasteiger charge is -2.11. The monoisotopic (exact) mass is 268 g/mol. The molecule has 1 N–H and O–H groups in total. The minimum atomic E-state index is -0.263. The Balaban J connectivity index is 1.97. The molecular weight excluding hydrogens is 252 g/mol. The normalized spacial score (nSPS) is 15.9. The number of hydroxylamine groups is 1. The Hall–Kier alpha value is -1.13. The summed E-state index contributed by atoms with van der Waals surface area (Å²) in [6, 6.07) is 3.28. The first-order valence-corrected chi connectivity index (χ1v) is 6.69. The number of halogens is 1. The fourth-order valence-electron chi connectivity index (χ4n) is 2.07. The van der Waals surface area contributed by atoms with Crippen LogP contribution in [0.1, 0.15) is 48.7 Å². The fourth-order valence-corrected chi connectivity index (χ4v) is 2.29. The number of aryl methyl sites for hydroxylation is 1. The molecule has 4 nitrogen and oxygen atoms in total. The van der Waals surface area contributed by atoms with Crippen LogP contribution in [-0.2, 0) is 11.3 Å². The van der Waals surface area contributed by atoms with E-state index in [9.17, 15) is 4.79 Å². The van der Waals surface area contributed by atoms with Gasteiger partial charge in [0.2, 0.25) is 0 Å². The number of hydrogen-bond acceptors (Lipinski definition) is 3. The maximum Gasteiger partial charge on any atom is 0.275 e. The molecule has 1 fully saturated rings. The summed E-state index contributed by atoms with van der Waals surface area (Å²) in [5.41, 5.74) is 3.78. The molecule has 1 aromatic rings. The lowest BCUT2D eigenvalue weighted by molar-refractivity contribution is -0.0125. The molecule has 1 aliphatic carbocycles. The van der Waals surface area contributed by atoms with Crippen molar-refractivity contribution < 1.29 is 9.63 Å². The Labute approximate surface area is 112 Å². The highest BCUT2D eigenvalue weighted by Crippen LogP contribution is 2.20. The summed E-state index contributed by atoms with van der Waals surface area (Å²) in [7, 11) is 0. The zero-order valence-corrected chi connectivity index (χ0v) is 11.2. The topological polar surface area (TPSA) is 51.2 Å². The van der Waals surface area contributed by atoms with Gasteiger partial charge in [0.15, 0.2) is 0 Å². The molecule has 1 heterocycles. The number of carbonyl (C=O) groups excluding carboxylic acids is 1. The second-order valence-corrected chi connectivity index (χ2v) is 4.87. The number of hydrogen-bond donors (Lipinski definition) is 1. The number of aromatic nitrogens is 1. The van der Waals surface area contributed by atoms with E-state index in [2.05, 4.69) is 10.5 Å². The van der Waals surface area contributed by atoms with Crippen LogP contribution in [0, 0.1) is 0 Å². The van der Waals surface area contributed by atoms with E-state index in [1.165, 1.54) is 12.8 Å². The molecule has 1 amide bonds. The molecule has 0 bridgehead atoms. The second kappa shape index (κ2) is 6.16. The van der Waals surface area contributed by atoms with Crippen molar-refractivity contribution in [2.75, 3.05) is 0 Å². The number of nitrogens with zero attached hydrogens (tertiary/aromatic N) is 1. The van der Waals surface area contributed by atoms with Crippen molar-refractivity contribution in [3.05, 3.63) is 28.5 Å². The first kappa shape index (κ1) is 13.3. The molecule has 1 aromatic heterocycles. The second-order valence-electron chi connectivity index (χ2n) is 4.48. The highest BCUT2D eigenvalue weighted by molar-refractivity contribution is 6.29. The SMILES string of the molecule is CCc1cc(C(=O)NOC2CCCC2)cc(Cl)n1. The van der Waals surface area contributed by atoms with Gasteiger partial charge in [0, 0.05) is 11.3 Å². The molecule has 0 atom stereocenters. The summed E-state index contributed by atoms with van der Waals surface area (Å²) in [6.45, 7) is 1.97. The lowest BCUT2D eigenvalue weighted by Crippen LogP contribution is -2.28. The molecule has 0 aliphatic heterocycles. The Morgan fingerprint density at radius 2 is 2.22 bits per heavy atom. The Morgan fingerprint density at radius 1 is 1.50 bits per heavy atom. The quantitative estimate of drug-likeness (QED) is 0.675. The van der Waals surface area contributed by atoms with Crippen molar-refractivity contribution in [3.63, 3.8) is 0 Å². The van der Waals surface area contributed by atoms with E-state index in [1.54, 1.807) is 12.1 Å². The maximum absolute atomic E-state index is 11.9. The van der Waals surface area contributed by atoms with E-state index >= 15 is 0 Å². The first-order chi connectivity index (χ1) is 8.69. The van der Waals surface area contributed by atoms with Gasteiger partial charge < -0.3 is 0 Å². The van der Waals surface area contributed by atoms with Crippen LogP contribution in [0.5, 0.6) is 0 Å². The van der Waals surface area contributed by atoms with Crippen LogP contribution in [0.25, 0.3) is 0 Å². The molecule has 98 valence electrons. The maximum atomic E-state index is 11.9. The molecule has 0 unspecified atom stereocenters. The summed E-state index contributed by atoms with van der Waals surface area (Å²) in [5.74, 6) is -0.263. The molecule has 0 aromatic carbocycles. The zero-order chi connectivity index (χ0) is 13.0. The zero-order valence-electron chi connectivity index (χ0n) is 10.4. The van der Waals surface area contributed by atoms with Gasteiger partial charge >= 0.3 is 0 Å². The van der Waals surface area contributed by atoms with E-state index < -0.39 is 0 Å².